The molecular formula is C12H20F3NO. The van der Waals surface area contributed by atoms with E-state index in [1.165, 1.54) is 0 Å². The molecule has 0 atom stereocenters. The Bertz CT molecular complexity index is 255. The van der Waals surface area contributed by atoms with Crippen LogP contribution in [0.2, 0.25) is 0 Å². The van der Waals surface area contributed by atoms with E-state index in [1.54, 1.807) is 0 Å². The van der Waals surface area contributed by atoms with Gasteiger partial charge in [0.05, 0.1) is 0 Å². The van der Waals surface area contributed by atoms with Gasteiger partial charge < -0.3 is 5.32 Å². The molecule has 1 amide bonds. The van der Waals surface area contributed by atoms with Gasteiger partial charge in [0.25, 0.3) is 0 Å². The number of hydrogen-bond donors (Lipinski definition) is 1. The van der Waals surface area contributed by atoms with Crippen LogP contribution < -0.4 is 5.32 Å². The number of nitrogens with one attached hydrogen (secondary N) is 1. The predicted octanol–water partition coefficient (Wildman–Crippen LogP) is 3.27. The van der Waals surface area contributed by atoms with Gasteiger partial charge in [0.2, 0.25) is 5.91 Å². The smallest absolute Gasteiger partial charge is 0.353 e. The van der Waals surface area contributed by atoms with Gasteiger partial charge in [-0.1, -0.05) is 13.8 Å². The van der Waals surface area contributed by atoms with E-state index in [0.29, 0.717) is 11.8 Å². The summed E-state index contributed by atoms with van der Waals surface area (Å²) in [6, 6.07) is -0.0696. The van der Waals surface area contributed by atoms with E-state index in [0.717, 1.165) is 25.7 Å². The van der Waals surface area contributed by atoms with Crippen molar-refractivity contribution in [3.05, 3.63) is 0 Å². The van der Waals surface area contributed by atoms with Gasteiger partial charge in [0, 0.05) is 6.04 Å². The van der Waals surface area contributed by atoms with Crippen molar-refractivity contribution >= 4 is 5.91 Å². The molecule has 1 aliphatic carbocycles. The fourth-order valence-corrected chi connectivity index (χ4v) is 2.39. The largest absolute Gasteiger partial charge is 0.397 e. The lowest BCUT2D eigenvalue weighted by molar-refractivity contribution is -0.154. The molecule has 1 aliphatic rings. The van der Waals surface area contributed by atoms with Crippen molar-refractivity contribution in [2.24, 2.45) is 11.8 Å². The topological polar surface area (TPSA) is 29.1 Å². The summed E-state index contributed by atoms with van der Waals surface area (Å²) >= 11 is 0. The third-order valence-electron chi connectivity index (χ3n) is 3.44. The lowest BCUT2D eigenvalue weighted by Crippen LogP contribution is -2.39. The van der Waals surface area contributed by atoms with Crippen LogP contribution in [-0.2, 0) is 4.79 Å². The quantitative estimate of drug-likeness (QED) is 0.819. The number of rotatable bonds is 3. The van der Waals surface area contributed by atoms with Crippen molar-refractivity contribution in [2.45, 2.75) is 58.2 Å². The summed E-state index contributed by atoms with van der Waals surface area (Å²) in [4.78, 5) is 11.1. The lowest BCUT2D eigenvalue weighted by atomic mass is 9.80. The molecule has 0 radical (unpaired) electrons. The number of carbonyl (C=O) groups is 1. The highest BCUT2D eigenvalue weighted by Gasteiger charge is 2.32. The van der Waals surface area contributed by atoms with Crippen LogP contribution in [0.25, 0.3) is 0 Å². The monoisotopic (exact) mass is 251 g/mol. The molecular weight excluding hydrogens is 231 g/mol. The molecule has 0 saturated heterocycles. The Morgan fingerprint density at radius 1 is 1.24 bits per heavy atom. The van der Waals surface area contributed by atoms with Gasteiger partial charge >= 0.3 is 6.18 Å². The zero-order valence-corrected chi connectivity index (χ0v) is 10.3. The summed E-state index contributed by atoms with van der Waals surface area (Å²) in [5, 5.41) is 2.48. The first kappa shape index (κ1) is 14.3. The average Bonchev–Trinajstić information content (AvgIpc) is 2.15. The zero-order chi connectivity index (χ0) is 13.1. The first-order chi connectivity index (χ1) is 7.78. The van der Waals surface area contributed by atoms with E-state index in [9.17, 15) is 18.0 Å². The predicted molar refractivity (Wildman–Crippen MR) is 59.4 cm³/mol. The molecule has 0 bridgehead atoms. The van der Waals surface area contributed by atoms with E-state index in [-0.39, 0.29) is 6.04 Å². The fraction of sp³-hybridized carbons (Fsp3) is 0.917. The Kier molecular flexibility index (Phi) is 4.83. The van der Waals surface area contributed by atoms with Crippen LogP contribution in [0.5, 0.6) is 0 Å². The first-order valence-electron chi connectivity index (χ1n) is 6.14. The van der Waals surface area contributed by atoms with Gasteiger partial charge in [0.15, 0.2) is 0 Å². The van der Waals surface area contributed by atoms with Crippen LogP contribution in [0.15, 0.2) is 0 Å². The molecule has 0 aromatic carbocycles. The van der Waals surface area contributed by atoms with Crippen molar-refractivity contribution < 1.29 is 18.0 Å². The summed E-state index contributed by atoms with van der Waals surface area (Å²) < 4.78 is 35.9. The highest BCUT2D eigenvalue weighted by molar-refractivity contribution is 5.76. The molecule has 0 heterocycles. The van der Waals surface area contributed by atoms with Crippen molar-refractivity contribution in [3.8, 4) is 0 Å². The molecule has 0 aromatic rings. The van der Waals surface area contributed by atoms with Crippen molar-refractivity contribution in [3.63, 3.8) is 0 Å². The minimum atomic E-state index is -4.40. The molecule has 0 unspecified atom stereocenters. The number of halogens is 3. The van der Waals surface area contributed by atoms with Crippen LogP contribution in [-0.4, -0.2) is 18.1 Å². The number of amides is 1. The summed E-state index contributed by atoms with van der Waals surface area (Å²) in [6.07, 6.45) is -2.18. The van der Waals surface area contributed by atoms with Gasteiger partial charge in [-0.25, -0.2) is 0 Å². The number of hydrogen-bond acceptors (Lipinski definition) is 1. The minimum absolute atomic E-state index is 0.0696. The molecule has 0 spiro atoms. The summed E-state index contributed by atoms with van der Waals surface area (Å²) in [6.45, 7) is 4.32. The average molecular weight is 251 g/mol. The van der Waals surface area contributed by atoms with Crippen molar-refractivity contribution in [2.75, 3.05) is 0 Å². The second-order valence-electron chi connectivity index (χ2n) is 5.22. The molecule has 0 aromatic heterocycles. The molecule has 1 saturated carbocycles. The summed E-state index contributed by atoms with van der Waals surface area (Å²) in [5.41, 5.74) is 0. The molecule has 1 N–H and O–H groups in total. The molecule has 0 aliphatic heterocycles. The molecule has 17 heavy (non-hydrogen) atoms. The molecule has 1 rings (SSSR count). The van der Waals surface area contributed by atoms with Crippen molar-refractivity contribution in [1.82, 2.24) is 5.32 Å². The van der Waals surface area contributed by atoms with E-state index < -0.39 is 18.5 Å². The Morgan fingerprint density at radius 3 is 2.18 bits per heavy atom. The second kappa shape index (κ2) is 5.74. The zero-order valence-electron chi connectivity index (χ0n) is 10.3. The SMILES string of the molecule is CC(C)C1CCC(NC(=O)CC(F)(F)F)CC1. The van der Waals surface area contributed by atoms with Gasteiger partial charge in [-0.2, -0.15) is 13.2 Å². The Hall–Kier alpha value is -0.740. The lowest BCUT2D eigenvalue weighted by Gasteiger charge is -2.31. The van der Waals surface area contributed by atoms with Crippen LogP contribution in [0.4, 0.5) is 13.2 Å². The minimum Gasteiger partial charge on any atom is -0.353 e. The number of carbonyl (C=O) groups excluding carboxylic acids is 1. The highest BCUT2D eigenvalue weighted by Crippen LogP contribution is 2.30. The first-order valence-corrected chi connectivity index (χ1v) is 6.14. The van der Waals surface area contributed by atoms with Crippen LogP contribution in [0.1, 0.15) is 46.0 Å². The molecule has 1 fully saturated rings. The Morgan fingerprint density at radius 2 is 1.76 bits per heavy atom. The van der Waals surface area contributed by atoms with E-state index in [2.05, 4.69) is 19.2 Å². The summed E-state index contributed by atoms with van der Waals surface area (Å²) in [5.74, 6) is 0.359. The van der Waals surface area contributed by atoms with E-state index in [4.69, 9.17) is 0 Å². The van der Waals surface area contributed by atoms with Crippen LogP contribution >= 0.6 is 0 Å². The Balaban J connectivity index is 2.29. The Labute approximate surface area is 100.0 Å². The van der Waals surface area contributed by atoms with Crippen molar-refractivity contribution in [1.29, 1.82) is 0 Å². The van der Waals surface area contributed by atoms with Crippen LogP contribution in [0, 0.1) is 11.8 Å². The maximum absolute atomic E-state index is 12.0. The maximum atomic E-state index is 12.0. The molecule has 2 nitrogen and oxygen atoms in total. The van der Waals surface area contributed by atoms with Gasteiger partial charge in [-0.05, 0) is 37.5 Å². The maximum Gasteiger partial charge on any atom is 0.397 e. The standard InChI is InChI=1S/C12H20F3NO/c1-8(2)9-3-5-10(6-4-9)16-11(17)7-12(13,14)15/h8-10H,3-7H2,1-2H3,(H,16,17). The third-order valence-corrected chi connectivity index (χ3v) is 3.44. The molecule has 5 heteroatoms. The highest BCUT2D eigenvalue weighted by atomic mass is 19.4. The van der Waals surface area contributed by atoms with Gasteiger partial charge in [0.1, 0.15) is 6.42 Å². The van der Waals surface area contributed by atoms with Crippen LogP contribution in [0.3, 0.4) is 0 Å². The van der Waals surface area contributed by atoms with E-state index in [1.807, 2.05) is 0 Å². The third kappa shape index (κ3) is 5.41. The second-order valence-corrected chi connectivity index (χ2v) is 5.22. The normalized spacial score (nSPS) is 26.0. The van der Waals surface area contributed by atoms with Gasteiger partial charge in [-0.15, -0.1) is 0 Å². The fourth-order valence-electron chi connectivity index (χ4n) is 2.39. The van der Waals surface area contributed by atoms with E-state index >= 15 is 0 Å². The van der Waals surface area contributed by atoms with Gasteiger partial charge in [-0.3, -0.25) is 4.79 Å². The summed E-state index contributed by atoms with van der Waals surface area (Å²) in [7, 11) is 0. The molecule has 100 valence electrons. The number of alkyl halides is 3.